The first kappa shape index (κ1) is 17.0. The van der Waals surface area contributed by atoms with Crippen LogP contribution in [0.5, 0.6) is 11.6 Å². The number of nitrogens with zero attached hydrogens (tertiary/aromatic N) is 2. The molecule has 2 heterocycles. The first-order valence-corrected chi connectivity index (χ1v) is 8.82. The van der Waals surface area contributed by atoms with Crippen LogP contribution in [0.15, 0.2) is 35.4 Å². The van der Waals surface area contributed by atoms with Crippen molar-refractivity contribution in [2.24, 2.45) is 0 Å². The van der Waals surface area contributed by atoms with Crippen LogP contribution in [0.2, 0.25) is 0 Å². The normalized spacial score (nSPS) is 13.8. The summed E-state index contributed by atoms with van der Waals surface area (Å²) in [4.78, 5) is 15.2. The summed E-state index contributed by atoms with van der Waals surface area (Å²) in [6.07, 6.45) is 1.13. The molecule has 0 saturated carbocycles. The maximum atomic E-state index is 13.0. The zero-order valence-electron chi connectivity index (χ0n) is 13.6. The molecule has 1 N–H and O–H groups in total. The minimum Gasteiger partial charge on any atom is -0.496 e. The fourth-order valence-electron chi connectivity index (χ4n) is 2.58. The maximum absolute atomic E-state index is 13.0. The Morgan fingerprint density at radius 3 is 2.76 bits per heavy atom. The van der Waals surface area contributed by atoms with E-state index in [1.807, 2.05) is 0 Å². The molecule has 1 aromatic heterocycles. The van der Waals surface area contributed by atoms with Crippen LogP contribution in [-0.4, -0.2) is 44.7 Å². The van der Waals surface area contributed by atoms with Crippen LogP contribution in [0.4, 0.5) is 5.69 Å². The third kappa shape index (κ3) is 2.98. The number of aromatic carboxylic acids is 1. The number of aryl methyl sites for hydroxylation is 1. The highest BCUT2D eigenvalue weighted by molar-refractivity contribution is 7.92. The molecule has 0 aliphatic carbocycles. The van der Waals surface area contributed by atoms with Crippen LogP contribution in [-0.2, 0) is 10.0 Å². The SMILES string of the molecule is COc1ccc(S(=O)(=O)N2CCOc3ncc(C(=O)O)cc32)cc1C. The molecule has 1 aliphatic heterocycles. The van der Waals surface area contributed by atoms with Gasteiger partial charge in [0.25, 0.3) is 10.0 Å². The summed E-state index contributed by atoms with van der Waals surface area (Å²) in [5, 5.41) is 9.12. The summed E-state index contributed by atoms with van der Waals surface area (Å²) < 4.78 is 37.7. The van der Waals surface area contributed by atoms with Crippen LogP contribution in [0, 0.1) is 6.92 Å². The minimum absolute atomic E-state index is 0.0607. The lowest BCUT2D eigenvalue weighted by atomic mass is 10.2. The fourth-order valence-corrected chi connectivity index (χ4v) is 4.11. The van der Waals surface area contributed by atoms with Crippen molar-refractivity contribution in [3.8, 4) is 11.6 Å². The van der Waals surface area contributed by atoms with Crippen molar-refractivity contribution in [3.05, 3.63) is 41.6 Å². The van der Waals surface area contributed by atoms with Crippen molar-refractivity contribution in [1.29, 1.82) is 0 Å². The number of sulfonamides is 1. The lowest BCUT2D eigenvalue weighted by molar-refractivity contribution is 0.0696. The Bertz CT molecular complexity index is 942. The second kappa shape index (κ2) is 6.25. The largest absolute Gasteiger partial charge is 0.496 e. The predicted molar refractivity (Wildman–Crippen MR) is 89.0 cm³/mol. The van der Waals surface area contributed by atoms with Gasteiger partial charge in [-0.05, 0) is 36.8 Å². The monoisotopic (exact) mass is 364 g/mol. The highest BCUT2D eigenvalue weighted by Crippen LogP contribution is 2.35. The predicted octanol–water partition coefficient (Wildman–Crippen LogP) is 1.68. The molecule has 0 fully saturated rings. The molecule has 3 rings (SSSR count). The number of carbonyl (C=O) groups is 1. The molecule has 0 spiro atoms. The van der Waals surface area contributed by atoms with E-state index in [-0.39, 0.29) is 35.2 Å². The highest BCUT2D eigenvalue weighted by Gasteiger charge is 2.32. The maximum Gasteiger partial charge on any atom is 0.337 e. The Kier molecular flexibility index (Phi) is 4.25. The molecule has 25 heavy (non-hydrogen) atoms. The standard InChI is InChI=1S/C16H16N2O6S/c1-10-7-12(3-4-14(10)23-2)25(21,22)18-5-6-24-15-13(18)8-11(9-17-15)16(19)20/h3-4,7-9H,5-6H2,1-2H3,(H,19,20). The number of methoxy groups -OCH3 is 1. The van der Waals surface area contributed by atoms with Crippen molar-refractivity contribution in [1.82, 2.24) is 4.98 Å². The van der Waals surface area contributed by atoms with Gasteiger partial charge in [-0.2, -0.15) is 0 Å². The second-order valence-electron chi connectivity index (χ2n) is 5.41. The summed E-state index contributed by atoms with van der Waals surface area (Å²) in [5.41, 5.74) is 0.671. The second-order valence-corrected chi connectivity index (χ2v) is 7.27. The van der Waals surface area contributed by atoms with Gasteiger partial charge < -0.3 is 14.6 Å². The van der Waals surface area contributed by atoms with E-state index in [0.717, 1.165) is 10.5 Å². The van der Waals surface area contributed by atoms with E-state index in [2.05, 4.69) is 4.98 Å². The number of benzene rings is 1. The number of fused-ring (bicyclic) bond motifs is 1. The smallest absolute Gasteiger partial charge is 0.337 e. The molecule has 0 bridgehead atoms. The first-order valence-electron chi connectivity index (χ1n) is 7.38. The Hall–Kier alpha value is -2.81. The van der Waals surface area contributed by atoms with Gasteiger partial charge in [0.05, 0.1) is 24.1 Å². The van der Waals surface area contributed by atoms with Gasteiger partial charge >= 0.3 is 5.97 Å². The number of hydrogen-bond acceptors (Lipinski definition) is 6. The Morgan fingerprint density at radius 2 is 2.12 bits per heavy atom. The molecule has 132 valence electrons. The van der Waals surface area contributed by atoms with E-state index < -0.39 is 16.0 Å². The van der Waals surface area contributed by atoms with Gasteiger partial charge in [-0.3, -0.25) is 4.31 Å². The van der Waals surface area contributed by atoms with Crippen molar-refractivity contribution >= 4 is 21.7 Å². The molecule has 0 amide bonds. The molecular weight excluding hydrogens is 348 g/mol. The van der Waals surface area contributed by atoms with Crippen molar-refractivity contribution < 1.29 is 27.8 Å². The Balaban J connectivity index is 2.09. The van der Waals surface area contributed by atoms with Gasteiger partial charge in [0.1, 0.15) is 18.0 Å². The fraction of sp³-hybridized carbons (Fsp3) is 0.250. The van der Waals surface area contributed by atoms with E-state index in [4.69, 9.17) is 14.6 Å². The third-order valence-corrected chi connectivity index (χ3v) is 5.64. The Labute approximate surface area is 144 Å². The average Bonchev–Trinajstić information content (AvgIpc) is 2.60. The van der Waals surface area contributed by atoms with Gasteiger partial charge in [-0.25, -0.2) is 18.2 Å². The summed E-state index contributed by atoms with van der Waals surface area (Å²) in [7, 11) is -2.39. The van der Waals surface area contributed by atoms with Gasteiger partial charge in [0.2, 0.25) is 5.88 Å². The van der Waals surface area contributed by atoms with Crippen molar-refractivity contribution in [2.45, 2.75) is 11.8 Å². The molecule has 1 aliphatic rings. The zero-order valence-corrected chi connectivity index (χ0v) is 14.4. The number of aromatic nitrogens is 1. The van der Waals surface area contributed by atoms with Gasteiger partial charge in [-0.15, -0.1) is 0 Å². The number of ether oxygens (including phenoxy) is 2. The average molecular weight is 364 g/mol. The third-order valence-electron chi connectivity index (χ3n) is 3.84. The van der Waals surface area contributed by atoms with Gasteiger partial charge in [-0.1, -0.05) is 0 Å². The molecule has 2 aromatic rings. The van der Waals surface area contributed by atoms with Crippen LogP contribution in [0.1, 0.15) is 15.9 Å². The topological polar surface area (TPSA) is 106 Å². The van der Waals surface area contributed by atoms with E-state index in [1.54, 1.807) is 13.0 Å². The van der Waals surface area contributed by atoms with Crippen LogP contribution >= 0.6 is 0 Å². The van der Waals surface area contributed by atoms with Crippen LogP contribution < -0.4 is 13.8 Å². The molecule has 1 aromatic carbocycles. The van der Waals surface area contributed by atoms with Crippen LogP contribution in [0.25, 0.3) is 0 Å². The summed E-state index contributed by atoms with van der Waals surface area (Å²) in [5.74, 6) is -0.528. The lowest BCUT2D eigenvalue weighted by Gasteiger charge is -2.29. The number of carboxylic acids is 1. The van der Waals surface area contributed by atoms with E-state index in [1.165, 1.54) is 25.3 Å². The number of carboxylic acid groups (broad SMARTS) is 1. The summed E-state index contributed by atoms with van der Waals surface area (Å²) in [6.45, 7) is 1.93. The van der Waals surface area contributed by atoms with E-state index in [9.17, 15) is 13.2 Å². The zero-order chi connectivity index (χ0) is 18.2. The molecule has 0 unspecified atom stereocenters. The molecule has 0 saturated heterocycles. The van der Waals surface area contributed by atoms with Gasteiger partial charge in [0, 0.05) is 6.20 Å². The number of hydrogen-bond donors (Lipinski definition) is 1. The molecule has 8 nitrogen and oxygen atoms in total. The minimum atomic E-state index is -3.90. The molecule has 9 heteroatoms. The van der Waals surface area contributed by atoms with Gasteiger partial charge in [0.15, 0.2) is 0 Å². The Morgan fingerprint density at radius 1 is 1.36 bits per heavy atom. The highest BCUT2D eigenvalue weighted by atomic mass is 32.2. The molecular formula is C16H16N2O6S. The first-order chi connectivity index (χ1) is 11.8. The quantitative estimate of drug-likeness (QED) is 0.880. The van der Waals surface area contributed by atoms with E-state index >= 15 is 0 Å². The van der Waals surface area contributed by atoms with Crippen molar-refractivity contribution in [3.63, 3.8) is 0 Å². The van der Waals surface area contributed by atoms with Crippen molar-refractivity contribution in [2.75, 3.05) is 24.6 Å². The number of anilines is 1. The molecule has 0 radical (unpaired) electrons. The summed E-state index contributed by atoms with van der Waals surface area (Å²) >= 11 is 0. The number of pyridine rings is 1. The lowest BCUT2D eigenvalue weighted by Crippen LogP contribution is -2.38. The number of rotatable bonds is 4. The van der Waals surface area contributed by atoms with E-state index in [0.29, 0.717) is 11.3 Å². The summed E-state index contributed by atoms with van der Waals surface area (Å²) in [6, 6.07) is 5.79. The van der Waals surface area contributed by atoms with Crippen LogP contribution in [0.3, 0.4) is 0 Å². The molecule has 0 atom stereocenters.